The van der Waals surface area contributed by atoms with Crippen LogP contribution in [0.3, 0.4) is 0 Å². The number of rotatable bonds is 6. The van der Waals surface area contributed by atoms with Crippen molar-refractivity contribution in [3.63, 3.8) is 0 Å². The first-order valence-corrected chi connectivity index (χ1v) is 9.91. The van der Waals surface area contributed by atoms with Gasteiger partial charge in [-0.3, -0.25) is 4.90 Å². The van der Waals surface area contributed by atoms with Crippen LogP contribution >= 0.6 is 36.2 Å². The maximum atomic E-state index is 4.64. The summed E-state index contributed by atoms with van der Waals surface area (Å²) in [7, 11) is 0. The number of piperidine rings is 1. The Balaban J connectivity index is 0.00000121. The molecule has 2 aliphatic rings. The highest BCUT2D eigenvalue weighted by Gasteiger charge is 2.56. The zero-order valence-corrected chi connectivity index (χ0v) is 17.9. The molecule has 1 saturated heterocycles. The lowest BCUT2D eigenvalue weighted by Gasteiger charge is -2.29. The largest absolute Gasteiger partial charge is 0.331 e. The number of halogens is 2. The van der Waals surface area contributed by atoms with Gasteiger partial charge >= 0.3 is 0 Å². The number of imidazole rings is 1. The molecular formula is C18H29Cl2N5S. The van der Waals surface area contributed by atoms with Gasteiger partial charge in [0.25, 0.3) is 0 Å². The van der Waals surface area contributed by atoms with E-state index in [1.807, 2.05) is 12.4 Å². The first-order chi connectivity index (χ1) is 11.7. The highest BCUT2D eigenvalue weighted by atomic mass is 35.5. The van der Waals surface area contributed by atoms with Crippen molar-refractivity contribution in [3.8, 4) is 0 Å². The first-order valence-electron chi connectivity index (χ1n) is 9.03. The molecule has 1 saturated carbocycles. The zero-order chi connectivity index (χ0) is 16.6. The van der Waals surface area contributed by atoms with Crippen LogP contribution in [0.5, 0.6) is 0 Å². The van der Waals surface area contributed by atoms with E-state index in [0.717, 1.165) is 13.1 Å². The lowest BCUT2D eigenvalue weighted by Crippen LogP contribution is -2.36. The van der Waals surface area contributed by atoms with E-state index >= 15 is 0 Å². The molecule has 8 heteroatoms. The van der Waals surface area contributed by atoms with Crippen LogP contribution in [-0.4, -0.2) is 38.6 Å². The first kappa shape index (κ1) is 21.6. The molecule has 1 aliphatic heterocycles. The maximum Gasteiger partial charge on any atom is 0.123 e. The van der Waals surface area contributed by atoms with Crippen LogP contribution in [0.1, 0.15) is 50.0 Å². The Kier molecular flexibility index (Phi) is 7.51. The van der Waals surface area contributed by atoms with Crippen LogP contribution < -0.4 is 5.32 Å². The minimum atomic E-state index is 0. The molecule has 1 spiro atoms. The molecule has 146 valence electrons. The van der Waals surface area contributed by atoms with Gasteiger partial charge in [-0.2, -0.15) is 0 Å². The third-order valence-electron chi connectivity index (χ3n) is 5.66. The molecule has 0 radical (unpaired) electrons. The Bertz CT molecular complexity index is 667. The van der Waals surface area contributed by atoms with E-state index in [9.17, 15) is 0 Å². The lowest BCUT2D eigenvalue weighted by molar-refractivity contribution is 0.181. The molecule has 0 aromatic carbocycles. The van der Waals surface area contributed by atoms with Crippen molar-refractivity contribution in [2.75, 3.05) is 13.1 Å². The molecule has 2 aromatic rings. The predicted molar refractivity (Wildman–Crippen MR) is 111 cm³/mol. The molecular weight excluding hydrogens is 389 g/mol. The van der Waals surface area contributed by atoms with E-state index in [0.29, 0.717) is 17.5 Å². The van der Waals surface area contributed by atoms with Gasteiger partial charge < -0.3 is 9.88 Å². The van der Waals surface area contributed by atoms with Crippen molar-refractivity contribution >= 4 is 36.2 Å². The fourth-order valence-corrected chi connectivity index (χ4v) is 4.84. The molecule has 1 N–H and O–H groups in total. The molecule has 2 aromatic heterocycles. The van der Waals surface area contributed by atoms with Gasteiger partial charge in [0.05, 0.1) is 13.1 Å². The Morgan fingerprint density at radius 3 is 2.65 bits per heavy atom. The number of hydrogen-bond acceptors (Lipinski definition) is 5. The van der Waals surface area contributed by atoms with Crippen LogP contribution in [0.15, 0.2) is 24.0 Å². The van der Waals surface area contributed by atoms with Crippen molar-refractivity contribution in [3.05, 3.63) is 34.8 Å². The van der Waals surface area contributed by atoms with Crippen LogP contribution in [0.2, 0.25) is 0 Å². The van der Waals surface area contributed by atoms with Gasteiger partial charge in [0.2, 0.25) is 0 Å². The summed E-state index contributed by atoms with van der Waals surface area (Å²) >= 11 is 1.76. The van der Waals surface area contributed by atoms with E-state index < -0.39 is 0 Å². The Hall–Kier alpha value is -0.660. The third-order valence-corrected chi connectivity index (χ3v) is 6.42. The van der Waals surface area contributed by atoms with Gasteiger partial charge in [-0.1, -0.05) is 0 Å². The monoisotopic (exact) mass is 417 g/mol. The highest BCUT2D eigenvalue weighted by Crippen LogP contribution is 2.56. The van der Waals surface area contributed by atoms with Crippen molar-refractivity contribution in [1.82, 2.24) is 24.8 Å². The van der Waals surface area contributed by atoms with Crippen LogP contribution in [0, 0.1) is 5.41 Å². The van der Waals surface area contributed by atoms with Crippen LogP contribution in [0.4, 0.5) is 0 Å². The van der Waals surface area contributed by atoms with Crippen molar-refractivity contribution in [2.24, 2.45) is 5.41 Å². The summed E-state index contributed by atoms with van der Waals surface area (Å²) in [6.45, 7) is 8.65. The average Bonchev–Trinajstić information content (AvgIpc) is 2.99. The third kappa shape index (κ3) is 4.42. The Labute approximate surface area is 172 Å². The molecule has 0 amide bonds. The summed E-state index contributed by atoms with van der Waals surface area (Å²) < 4.78 is 2.30. The quantitative estimate of drug-likeness (QED) is 0.773. The van der Waals surface area contributed by atoms with Gasteiger partial charge in [-0.25, -0.2) is 9.97 Å². The second kappa shape index (κ2) is 9.02. The molecule has 2 fully saturated rings. The predicted octanol–water partition coefficient (Wildman–Crippen LogP) is 3.91. The van der Waals surface area contributed by atoms with Crippen molar-refractivity contribution in [1.29, 1.82) is 0 Å². The summed E-state index contributed by atoms with van der Waals surface area (Å²) in [4.78, 5) is 11.8. The molecule has 1 aliphatic carbocycles. The topological polar surface area (TPSA) is 46.0 Å². The number of nitrogens with one attached hydrogen (secondary N) is 1. The average molecular weight is 418 g/mol. The number of hydrogen-bond donors (Lipinski definition) is 1. The summed E-state index contributed by atoms with van der Waals surface area (Å²) in [5.41, 5.74) is 0.539. The van der Waals surface area contributed by atoms with Crippen LogP contribution in [-0.2, 0) is 13.1 Å². The van der Waals surface area contributed by atoms with E-state index in [2.05, 4.69) is 50.2 Å². The van der Waals surface area contributed by atoms with E-state index in [1.54, 1.807) is 11.3 Å². The summed E-state index contributed by atoms with van der Waals surface area (Å²) in [5.74, 6) is 1.18. The lowest BCUT2D eigenvalue weighted by atomic mass is 9.93. The van der Waals surface area contributed by atoms with Crippen molar-refractivity contribution in [2.45, 2.75) is 58.3 Å². The van der Waals surface area contributed by atoms with E-state index in [-0.39, 0.29) is 24.8 Å². The Morgan fingerprint density at radius 2 is 2.00 bits per heavy atom. The molecule has 3 heterocycles. The van der Waals surface area contributed by atoms with Crippen molar-refractivity contribution < 1.29 is 0 Å². The van der Waals surface area contributed by atoms with Gasteiger partial charge in [0, 0.05) is 36.1 Å². The van der Waals surface area contributed by atoms with Crippen LogP contribution in [0.25, 0.3) is 0 Å². The fourth-order valence-electron chi connectivity index (χ4n) is 4.20. The summed E-state index contributed by atoms with van der Waals surface area (Å²) in [6.07, 6.45) is 9.91. The van der Waals surface area contributed by atoms with E-state index in [1.165, 1.54) is 43.2 Å². The number of nitrogens with zero attached hydrogens (tertiary/aromatic N) is 4. The molecule has 0 bridgehead atoms. The Morgan fingerprint density at radius 1 is 1.23 bits per heavy atom. The number of aromatic nitrogens is 3. The standard InChI is InChI=1S/C18H27N5S.2ClH/c1-14(2)23-9-7-20-16(23)12-22(13-17-21-8-10-24-17)15-11-18(15)3-5-19-6-4-18;;/h7-10,14-15,19H,3-6,11-13H2,1-2H3;2*1H. The van der Waals surface area contributed by atoms with Gasteiger partial charge in [-0.15, -0.1) is 36.2 Å². The zero-order valence-electron chi connectivity index (χ0n) is 15.4. The molecule has 5 nitrogen and oxygen atoms in total. The van der Waals surface area contributed by atoms with Gasteiger partial charge in [-0.05, 0) is 51.6 Å². The maximum absolute atomic E-state index is 4.64. The summed E-state index contributed by atoms with van der Waals surface area (Å²) in [5, 5.41) is 6.81. The second-order valence-corrected chi connectivity index (χ2v) is 8.49. The fraction of sp³-hybridized carbons (Fsp3) is 0.667. The molecule has 1 atom stereocenters. The minimum Gasteiger partial charge on any atom is -0.331 e. The normalized spacial score (nSPS) is 20.8. The van der Waals surface area contributed by atoms with E-state index in [4.69, 9.17) is 0 Å². The molecule has 4 rings (SSSR count). The smallest absolute Gasteiger partial charge is 0.123 e. The van der Waals surface area contributed by atoms with Gasteiger partial charge in [0.1, 0.15) is 10.8 Å². The highest BCUT2D eigenvalue weighted by molar-refractivity contribution is 7.09. The molecule has 26 heavy (non-hydrogen) atoms. The second-order valence-electron chi connectivity index (χ2n) is 7.51. The molecule has 1 unspecified atom stereocenters. The summed E-state index contributed by atoms with van der Waals surface area (Å²) in [6, 6.07) is 1.14. The minimum absolute atomic E-state index is 0. The SMILES string of the molecule is CC(C)n1ccnc1CN(Cc1nccs1)C1CC12CCNCC2.Cl.Cl. The number of thiazole rings is 1. The van der Waals surface area contributed by atoms with Gasteiger partial charge in [0.15, 0.2) is 0 Å².